The largest absolute Gasteiger partial charge is 0.497 e. The van der Waals surface area contributed by atoms with E-state index >= 15 is 0 Å². The summed E-state index contributed by atoms with van der Waals surface area (Å²) in [6, 6.07) is 35.9. The molecular weight excluding hydrogens is 546 g/mol. The van der Waals surface area contributed by atoms with Crippen LogP contribution in [0.15, 0.2) is 109 Å². The summed E-state index contributed by atoms with van der Waals surface area (Å²) in [5.74, 6) is 1.23. The molecule has 0 unspecified atom stereocenters. The fourth-order valence-corrected chi connectivity index (χ4v) is 5.51. The smallest absolute Gasteiger partial charge is 0.337 e. The zero-order valence-electron chi connectivity index (χ0n) is 23.3. The number of carbonyl (C=O) groups is 1. The number of hydrogen-bond donors (Lipinski definition) is 0. The maximum absolute atomic E-state index is 11.9. The lowest BCUT2D eigenvalue weighted by Crippen LogP contribution is -2.09. The molecule has 0 spiro atoms. The second-order valence-corrected chi connectivity index (χ2v) is 10.00. The average molecular weight is 574 g/mol. The van der Waals surface area contributed by atoms with Crippen molar-refractivity contribution in [1.82, 2.24) is 8.75 Å². The number of rotatable bonds is 8. The second-order valence-electron chi connectivity index (χ2n) is 9.47. The molecule has 42 heavy (non-hydrogen) atoms. The van der Waals surface area contributed by atoms with Crippen LogP contribution < -0.4 is 14.4 Å². The number of hydrogen-bond acceptors (Lipinski definition) is 8. The number of carbonyl (C=O) groups excluding carboxylic acids is 1. The van der Waals surface area contributed by atoms with Gasteiger partial charge in [-0.15, -0.1) is 0 Å². The Morgan fingerprint density at radius 1 is 0.571 bits per heavy atom. The number of methoxy groups -OCH3 is 3. The summed E-state index contributed by atoms with van der Waals surface area (Å²) in [5, 5.41) is 0. The van der Waals surface area contributed by atoms with E-state index in [1.165, 1.54) is 18.8 Å². The van der Waals surface area contributed by atoms with Gasteiger partial charge in [0.05, 0.1) is 38.6 Å². The minimum atomic E-state index is -0.363. The zero-order valence-corrected chi connectivity index (χ0v) is 24.1. The summed E-state index contributed by atoms with van der Waals surface area (Å²) in [6.45, 7) is 0. The Kier molecular flexibility index (Phi) is 7.53. The highest BCUT2D eigenvalue weighted by molar-refractivity contribution is 7.00. The number of aromatic nitrogens is 2. The number of anilines is 3. The Labute approximate surface area is 247 Å². The third-order valence-electron chi connectivity index (χ3n) is 7.13. The van der Waals surface area contributed by atoms with Crippen LogP contribution in [0.4, 0.5) is 17.1 Å². The molecule has 8 heteroatoms. The van der Waals surface area contributed by atoms with E-state index in [1.807, 2.05) is 60.7 Å². The summed E-state index contributed by atoms with van der Waals surface area (Å²) in [6.07, 6.45) is 0. The van der Waals surface area contributed by atoms with Crippen LogP contribution in [-0.2, 0) is 4.74 Å². The molecule has 0 aliphatic carbocycles. The molecule has 5 aromatic carbocycles. The van der Waals surface area contributed by atoms with Crippen molar-refractivity contribution in [3.8, 4) is 33.8 Å². The molecule has 7 nitrogen and oxygen atoms in total. The Morgan fingerprint density at radius 2 is 0.976 bits per heavy atom. The Bertz CT molecular complexity index is 1790. The lowest BCUT2D eigenvalue weighted by atomic mass is 9.97. The van der Waals surface area contributed by atoms with Gasteiger partial charge in [0.15, 0.2) is 0 Å². The van der Waals surface area contributed by atoms with Crippen molar-refractivity contribution >= 4 is 45.8 Å². The molecule has 0 amide bonds. The minimum Gasteiger partial charge on any atom is -0.497 e. The summed E-state index contributed by atoms with van der Waals surface area (Å²) >= 11 is 1.19. The van der Waals surface area contributed by atoms with Crippen molar-refractivity contribution in [1.29, 1.82) is 0 Å². The molecule has 6 rings (SSSR count). The summed E-state index contributed by atoms with van der Waals surface area (Å²) in [7, 11) is 4.70. The third kappa shape index (κ3) is 5.15. The van der Waals surface area contributed by atoms with Crippen LogP contribution in [0.25, 0.3) is 33.3 Å². The first-order chi connectivity index (χ1) is 20.6. The van der Waals surface area contributed by atoms with Gasteiger partial charge in [0, 0.05) is 28.2 Å². The molecule has 208 valence electrons. The van der Waals surface area contributed by atoms with Crippen LogP contribution in [0.5, 0.6) is 11.5 Å². The number of benzene rings is 5. The molecule has 1 heterocycles. The molecule has 0 radical (unpaired) electrons. The third-order valence-corrected chi connectivity index (χ3v) is 7.66. The Hall–Kier alpha value is -5.21. The van der Waals surface area contributed by atoms with Crippen molar-refractivity contribution in [2.24, 2.45) is 0 Å². The molecule has 0 atom stereocenters. The van der Waals surface area contributed by atoms with E-state index in [-0.39, 0.29) is 5.97 Å². The maximum atomic E-state index is 11.9. The van der Waals surface area contributed by atoms with Crippen molar-refractivity contribution in [2.75, 3.05) is 26.2 Å². The zero-order chi connectivity index (χ0) is 29.1. The topological polar surface area (TPSA) is 73.8 Å². The number of esters is 1. The Morgan fingerprint density at radius 3 is 1.38 bits per heavy atom. The molecular formula is C34H27N3O4S. The summed E-state index contributed by atoms with van der Waals surface area (Å²) in [5.41, 5.74) is 9.12. The standard InChI is InChI=1S/C34H27N3O4S/c1-39-28-16-12-26(13-17-28)37(27-14-18-29(40-2)19-15-27)25-10-8-23(9-11-25)31-21-20-30(32-33(31)36-42-35-32)22-4-6-24(7-5-22)34(38)41-3/h4-21H,1-3H3. The van der Waals surface area contributed by atoms with E-state index in [0.717, 1.165) is 61.8 Å². The SMILES string of the molecule is COC(=O)c1ccc(-c2ccc(-c3ccc(N(c4ccc(OC)cc4)c4ccc(OC)cc4)cc3)c3nsnc23)cc1. The van der Waals surface area contributed by atoms with Gasteiger partial charge in [-0.1, -0.05) is 36.4 Å². The van der Waals surface area contributed by atoms with Gasteiger partial charge in [0.25, 0.3) is 0 Å². The van der Waals surface area contributed by atoms with Gasteiger partial charge >= 0.3 is 5.97 Å². The molecule has 6 aromatic rings. The highest BCUT2D eigenvalue weighted by Crippen LogP contribution is 2.39. The van der Waals surface area contributed by atoms with E-state index in [4.69, 9.17) is 14.2 Å². The highest BCUT2D eigenvalue weighted by atomic mass is 32.1. The van der Waals surface area contributed by atoms with E-state index in [2.05, 4.69) is 50.0 Å². The predicted molar refractivity (Wildman–Crippen MR) is 167 cm³/mol. The fraction of sp³-hybridized carbons (Fsp3) is 0.0882. The van der Waals surface area contributed by atoms with Gasteiger partial charge in [-0.3, -0.25) is 0 Å². The van der Waals surface area contributed by atoms with Gasteiger partial charge in [-0.2, -0.15) is 8.75 Å². The molecule has 0 N–H and O–H groups in total. The summed E-state index contributed by atoms with van der Waals surface area (Å²) < 4.78 is 24.8. The van der Waals surface area contributed by atoms with Gasteiger partial charge in [-0.25, -0.2) is 4.79 Å². The first-order valence-corrected chi connectivity index (χ1v) is 14.0. The quantitative estimate of drug-likeness (QED) is 0.170. The van der Waals surface area contributed by atoms with Crippen molar-refractivity contribution in [3.05, 3.63) is 115 Å². The minimum absolute atomic E-state index is 0.363. The van der Waals surface area contributed by atoms with Gasteiger partial charge in [0.2, 0.25) is 0 Å². The van der Waals surface area contributed by atoms with E-state index in [0.29, 0.717) is 5.56 Å². The first kappa shape index (κ1) is 27.0. The van der Waals surface area contributed by atoms with Gasteiger partial charge in [-0.05, 0) is 83.9 Å². The van der Waals surface area contributed by atoms with Crippen molar-refractivity contribution in [3.63, 3.8) is 0 Å². The van der Waals surface area contributed by atoms with Crippen LogP contribution in [0, 0.1) is 0 Å². The molecule has 0 fully saturated rings. The predicted octanol–water partition coefficient (Wildman–Crippen LogP) is 8.30. The normalized spacial score (nSPS) is 10.8. The summed E-state index contributed by atoms with van der Waals surface area (Å²) in [4.78, 5) is 14.0. The highest BCUT2D eigenvalue weighted by Gasteiger charge is 2.17. The van der Waals surface area contributed by atoms with Gasteiger partial charge in [0.1, 0.15) is 22.5 Å². The van der Waals surface area contributed by atoms with Crippen LogP contribution in [-0.4, -0.2) is 36.0 Å². The first-order valence-electron chi connectivity index (χ1n) is 13.2. The number of fused-ring (bicyclic) bond motifs is 1. The van der Waals surface area contributed by atoms with Crippen LogP contribution >= 0.6 is 11.7 Å². The van der Waals surface area contributed by atoms with Crippen molar-refractivity contribution in [2.45, 2.75) is 0 Å². The fourth-order valence-electron chi connectivity index (χ4n) is 4.94. The van der Waals surface area contributed by atoms with Crippen molar-refractivity contribution < 1.29 is 19.0 Å². The van der Waals surface area contributed by atoms with E-state index in [1.54, 1.807) is 26.4 Å². The van der Waals surface area contributed by atoms with E-state index in [9.17, 15) is 4.79 Å². The van der Waals surface area contributed by atoms with E-state index < -0.39 is 0 Å². The van der Waals surface area contributed by atoms with Crippen LogP contribution in [0.1, 0.15) is 10.4 Å². The number of nitrogens with zero attached hydrogens (tertiary/aromatic N) is 3. The molecule has 0 aliphatic rings. The average Bonchev–Trinajstić information content (AvgIpc) is 3.56. The molecule has 0 aliphatic heterocycles. The van der Waals surface area contributed by atoms with Gasteiger partial charge < -0.3 is 19.1 Å². The molecule has 0 bridgehead atoms. The lowest BCUT2D eigenvalue weighted by Gasteiger charge is -2.26. The van der Waals surface area contributed by atoms with Crippen LogP contribution in [0.3, 0.4) is 0 Å². The second kappa shape index (κ2) is 11.7. The molecule has 1 aromatic heterocycles. The van der Waals surface area contributed by atoms with Crippen LogP contribution in [0.2, 0.25) is 0 Å². The molecule has 0 saturated heterocycles. The molecule has 0 saturated carbocycles. The maximum Gasteiger partial charge on any atom is 0.337 e. The number of ether oxygens (including phenoxy) is 3. The lowest BCUT2D eigenvalue weighted by molar-refractivity contribution is 0.0600. The monoisotopic (exact) mass is 573 g/mol. The Balaban J connectivity index is 1.36.